The Morgan fingerprint density at radius 3 is 2.63 bits per heavy atom. The van der Waals surface area contributed by atoms with E-state index in [1.807, 2.05) is 26.0 Å². The van der Waals surface area contributed by atoms with Crippen LogP contribution in [0, 0.1) is 6.92 Å². The van der Waals surface area contributed by atoms with Crippen LogP contribution in [0.15, 0.2) is 12.1 Å². The van der Waals surface area contributed by atoms with Crippen molar-refractivity contribution >= 4 is 18.6 Å². The van der Waals surface area contributed by atoms with E-state index in [-0.39, 0.29) is 13.2 Å². The Kier molecular flexibility index (Phi) is 3.94. The molecule has 0 saturated heterocycles. The Bertz CT molecular complexity index is 500. The topological polar surface area (TPSA) is 55.8 Å². The second kappa shape index (κ2) is 5.33. The smallest absolute Gasteiger partial charge is 0.305 e. The zero-order valence-electron chi connectivity index (χ0n) is 11.1. The summed E-state index contributed by atoms with van der Waals surface area (Å²) in [6.07, 6.45) is 1.55. The second-order valence-electron chi connectivity index (χ2n) is 4.87. The molecule has 104 valence electrons. The Morgan fingerprint density at radius 2 is 2.05 bits per heavy atom. The lowest BCUT2D eigenvalue weighted by Crippen LogP contribution is -2.24. The number of carbonyl (C=O) groups is 1. The van der Waals surface area contributed by atoms with E-state index in [0.717, 1.165) is 17.5 Å². The van der Waals surface area contributed by atoms with Gasteiger partial charge in [-0.05, 0) is 36.6 Å². The predicted octanol–water partition coefficient (Wildman–Crippen LogP) is 3.12. The van der Waals surface area contributed by atoms with Crippen molar-refractivity contribution in [1.29, 1.82) is 0 Å². The van der Waals surface area contributed by atoms with Crippen molar-refractivity contribution in [3.8, 4) is 11.5 Å². The molecule has 5 heteroatoms. The van der Waals surface area contributed by atoms with E-state index in [1.165, 1.54) is 0 Å². The van der Waals surface area contributed by atoms with Crippen LogP contribution in [0.4, 0.5) is 0 Å². The van der Waals surface area contributed by atoms with Gasteiger partial charge in [0.2, 0.25) is 6.79 Å². The van der Waals surface area contributed by atoms with E-state index < -0.39 is 10.7 Å². The minimum absolute atomic E-state index is 0.00949. The largest absolute Gasteiger partial charge is 0.481 e. The fourth-order valence-electron chi connectivity index (χ4n) is 2.53. The quantitative estimate of drug-likeness (QED) is 0.815. The van der Waals surface area contributed by atoms with E-state index in [2.05, 4.69) is 12.6 Å². The molecule has 1 aromatic carbocycles. The number of carboxylic acids is 1. The highest BCUT2D eigenvalue weighted by atomic mass is 32.1. The van der Waals surface area contributed by atoms with Crippen LogP contribution < -0.4 is 9.47 Å². The summed E-state index contributed by atoms with van der Waals surface area (Å²) >= 11 is 4.66. The summed E-state index contributed by atoms with van der Waals surface area (Å²) in [7, 11) is 0. The van der Waals surface area contributed by atoms with Crippen LogP contribution in [0.25, 0.3) is 0 Å². The maximum Gasteiger partial charge on any atom is 0.305 e. The van der Waals surface area contributed by atoms with Gasteiger partial charge in [-0.25, -0.2) is 0 Å². The molecule has 0 saturated carbocycles. The standard InChI is InChI=1S/C14H18O4S/c1-3-4-14(19,7-13(15)16)10-6-12-11(5-9(10)2)17-8-18-12/h5-6,19H,3-4,7-8H2,1-2H3,(H,15,16). The molecule has 1 atom stereocenters. The fraction of sp³-hybridized carbons (Fsp3) is 0.500. The number of benzene rings is 1. The highest BCUT2D eigenvalue weighted by Crippen LogP contribution is 2.44. The molecule has 0 spiro atoms. The van der Waals surface area contributed by atoms with Crippen molar-refractivity contribution in [2.45, 2.75) is 37.9 Å². The number of rotatable bonds is 5. The molecule has 1 heterocycles. The van der Waals surface area contributed by atoms with Crippen LogP contribution in [0.2, 0.25) is 0 Å². The first-order valence-corrected chi connectivity index (χ1v) is 6.76. The third kappa shape index (κ3) is 2.81. The third-order valence-electron chi connectivity index (χ3n) is 3.33. The molecule has 1 aliphatic rings. The van der Waals surface area contributed by atoms with Crippen LogP contribution >= 0.6 is 12.6 Å². The molecule has 0 aliphatic carbocycles. The summed E-state index contributed by atoms with van der Waals surface area (Å²) in [5.41, 5.74) is 1.89. The maximum absolute atomic E-state index is 11.1. The normalized spacial score (nSPS) is 16.2. The molecule has 0 fully saturated rings. The molecule has 0 amide bonds. The minimum atomic E-state index is -0.847. The van der Waals surface area contributed by atoms with Gasteiger partial charge in [-0.15, -0.1) is 0 Å². The Labute approximate surface area is 118 Å². The number of hydrogen-bond acceptors (Lipinski definition) is 4. The van der Waals surface area contributed by atoms with Gasteiger partial charge in [0.25, 0.3) is 0 Å². The first-order valence-electron chi connectivity index (χ1n) is 6.31. The molecule has 4 nitrogen and oxygen atoms in total. The van der Waals surface area contributed by atoms with Crippen molar-refractivity contribution in [3.05, 3.63) is 23.3 Å². The Balaban J connectivity index is 2.44. The monoisotopic (exact) mass is 282 g/mol. The second-order valence-corrected chi connectivity index (χ2v) is 5.73. The van der Waals surface area contributed by atoms with Crippen molar-refractivity contribution in [3.63, 3.8) is 0 Å². The fourth-order valence-corrected chi connectivity index (χ4v) is 3.13. The third-order valence-corrected chi connectivity index (χ3v) is 3.95. The summed E-state index contributed by atoms with van der Waals surface area (Å²) in [5.74, 6) is 0.532. The van der Waals surface area contributed by atoms with Crippen LogP contribution in [0.1, 0.15) is 37.3 Å². The van der Waals surface area contributed by atoms with E-state index in [1.54, 1.807) is 0 Å². The Hall–Kier alpha value is -1.36. The number of hydrogen-bond donors (Lipinski definition) is 2. The molecule has 0 radical (unpaired) electrons. The molecule has 1 aliphatic heterocycles. The van der Waals surface area contributed by atoms with Crippen molar-refractivity contribution in [2.24, 2.45) is 0 Å². The first kappa shape index (κ1) is 14.1. The average Bonchev–Trinajstić information content (AvgIpc) is 2.73. The van der Waals surface area contributed by atoms with Crippen LogP contribution in [0.3, 0.4) is 0 Å². The van der Waals surface area contributed by atoms with E-state index in [4.69, 9.17) is 14.6 Å². The lowest BCUT2D eigenvalue weighted by Gasteiger charge is -2.29. The van der Waals surface area contributed by atoms with Gasteiger partial charge in [0.15, 0.2) is 11.5 Å². The van der Waals surface area contributed by atoms with Crippen LogP contribution in [-0.4, -0.2) is 17.9 Å². The molecule has 1 N–H and O–H groups in total. The summed E-state index contributed by atoms with van der Waals surface area (Å²) in [4.78, 5) is 11.1. The lowest BCUT2D eigenvalue weighted by molar-refractivity contribution is -0.137. The number of carboxylic acid groups (broad SMARTS) is 1. The molecule has 1 aromatic rings. The number of fused-ring (bicyclic) bond motifs is 1. The molecule has 19 heavy (non-hydrogen) atoms. The zero-order valence-corrected chi connectivity index (χ0v) is 12.0. The molecule has 0 bridgehead atoms. The van der Waals surface area contributed by atoms with Crippen molar-refractivity contribution in [1.82, 2.24) is 0 Å². The van der Waals surface area contributed by atoms with Gasteiger partial charge < -0.3 is 14.6 Å². The van der Waals surface area contributed by atoms with Gasteiger partial charge in [-0.1, -0.05) is 13.3 Å². The maximum atomic E-state index is 11.1. The van der Waals surface area contributed by atoms with Gasteiger partial charge in [0, 0.05) is 4.75 Å². The van der Waals surface area contributed by atoms with Crippen molar-refractivity contribution in [2.75, 3.05) is 6.79 Å². The minimum Gasteiger partial charge on any atom is -0.481 e. The van der Waals surface area contributed by atoms with E-state index in [0.29, 0.717) is 17.9 Å². The number of thiol groups is 1. The molecule has 1 unspecified atom stereocenters. The summed E-state index contributed by atoms with van der Waals surface area (Å²) in [6, 6.07) is 3.75. The highest BCUT2D eigenvalue weighted by molar-refractivity contribution is 7.81. The predicted molar refractivity (Wildman–Crippen MR) is 75.1 cm³/mol. The van der Waals surface area contributed by atoms with Gasteiger partial charge in [0.05, 0.1) is 6.42 Å². The van der Waals surface area contributed by atoms with Gasteiger partial charge >= 0.3 is 5.97 Å². The van der Waals surface area contributed by atoms with Crippen molar-refractivity contribution < 1.29 is 19.4 Å². The summed E-state index contributed by atoms with van der Waals surface area (Å²) < 4.78 is 10.0. The molecular weight excluding hydrogens is 264 g/mol. The van der Waals surface area contributed by atoms with Crippen LogP contribution in [0.5, 0.6) is 11.5 Å². The van der Waals surface area contributed by atoms with E-state index >= 15 is 0 Å². The highest BCUT2D eigenvalue weighted by Gasteiger charge is 2.33. The van der Waals surface area contributed by atoms with Crippen LogP contribution in [-0.2, 0) is 9.54 Å². The van der Waals surface area contributed by atoms with E-state index in [9.17, 15) is 4.79 Å². The molecule has 2 rings (SSSR count). The summed E-state index contributed by atoms with van der Waals surface area (Å²) in [6.45, 7) is 4.18. The first-order chi connectivity index (χ1) is 8.96. The number of aryl methyl sites for hydroxylation is 1. The SMILES string of the molecule is CCCC(S)(CC(=O)O)c1cc2c(cc1C)OCO2. The Morgan fingerprint density at radius 1 is 1.42 bits per heavy atom. The average molecular weight is 282 g/mol. The number of ether oxygens (including phenoxy) is 2. The van der Waals surface area contributed by atoms with Gasteiger partial charge in [-0.3, -0.25) is 4.79 Å². The molecular formula is C14H18O4S. The lowest BCUT2D eigenvalue weighted by atomic mass is 9.87. The number of aliphatic carboxylic acids is 1. The summed E-state index contributed by atoms with van der Waals surface area (Å²) in [5, 5.41) is 9.12. The molecule has 0 aromatic heterocycles. The zero-order chi connectivity index (χ0) is 14.0. The van der Waals surface area contributed by atoms with Gasteiger partial charge in [-0.2, -0.15) is 12.6 Å². The van der Waals surface area contributed by atoms with Gasteiger partial charge in [0.1, 0.15) is 0 Å².